The van der Waals surface area contributed by atoms with E-state index in [2.05, 4.69) is 0 Å². The highest BCUT2D eigenvalue weighted by atomic mass is 16.6. The fraction of sp³-hybridized carbons (Fsp3) is 0.750. The molecule has 0 N–H and O–H groups in total. The topological polar surface area (TPSA) is 79.4 Å². The second-order valence-corrected chi connectivity index (χ2v) is 9.19. The molecule has 4 saturated heterocycles. The molecule has 8 heteroatoms. The van der Waals surface area contributed by atoms with Crippen molar-refractivity contribution in [3.05, 3.63) is 12.2 Å². The average Bonchev–Trinajstić information content (AvgIpc) is 3.35. The average molecular weight is 389 g/mol. The van der Waals surface area contributed by atoms with Gasteiger partial charge < -0.3 is 24.2 Å². The summed E-state index contributed by atoms with van der Waals surface area (Å²) in [5, 5.41) is 0. The van der Waals surface area contributed by atoms with E-state index in [1.165, 1.54) is 0 Å². The third-order valence-corrected chi connectivity index (χ3v) is 7.17. The van der Waals surface area contributed by atoms with Gasteiger partial charge in [-0.05, 0) is 13.8 Å². The van der Waals surface area contributed by atoms with Gasteiger partial charge in [0, 0.05) is 39.0 Å². The Morgan fingerprint density at radius 1 is 1.21 bits per heavy atom. The molecule has 4 fully saturated rings. The molecule has 152 valence electrons. The summed E-state index contributed by atoms with van der Waals surface area (Å²) in [6.07, 6.45) is 4.59. The van der Waals surface area contributed by atoms with Gasteiger partial charge in [-0.3, -0.25) is 9.59 Å². The Labute approximate surface area is 164 Å². The molecule has 4 atom stereocenters. The summed E-state index contributed by atoms with van der Waals surface area (Å²) in [5.41, 5.74) is -1.13. The molecule has 5 rings (SSSR count). The molecule has 4 unspecified atom stereocenters. The molecule has 5 heterocycles. The van der Waals surface area contributed by atoms with Gasteiger partial charge in [0.25, 0.3) is 0 Å². The Morgan fingerprint density at radius 2 is 1.93 bits per heavy atom. The van der Waals surface area contributed by atoms with E-state index in [0.717, 1.165) is 0 Å². The second kappa shape index (κ2) is 5.72. The van der Waals surface area contributed by atoms with Crippen LogP contribution in [-0.2, 0) is 19.1 Å². The minimum Gasteiger partial charge on any atom is -0.441 e. The summed E-state index contributed by atoms with van der Waals surface area (Å²) in [7, 11) is 1.74. The van der Waals surface area contributed by atoms with E-state index in [-0.39, 0.29) is 30.1 Å². The van der Waals surface area contributed by atoms with Crippen molar-refractivity contribution in [2.45, 2.75) is 50.0 Å². The lowest BCUT2D eigenvalue weighted by atomic mass is 9.76. The van der Waals surface area contributed by atoms with Crippen LogP contribution in [0.5, 0.6) is 0 Å². The van der Waals surface area contributed by atoms with Gasteiger partial charge >= 0.3 is 6.09 Å². The van der Waals surface area contributed by atoms with Crippen molar-refractivity contribution in [2.24, 2.45) is 11.8 Å². The molecule has 8 nitrogen and oxygen atoms in total. The minimum atomic E-state index is -0.646. The van der Waals surface area contributed by atoms with Crippen molar-refractivity contribution >= 4 is 17.9 Å². The Morgan fingerprint density at radius 3 is 2.54 bits per heavy atom. The van der Waals surface area contributed by atoms with Crippen LogP contribution in [0.25, 0.3) is 0 Å². The quantitative estimate of drug-likeness (QED) is 0.647. The van der Waals surface area contributed by atoms with E-state index in [4.69, 9.17) is 9.47 Å². The Kier molecular flexibility index (Phi) is 3.67. The summed E-state index contributed by atoms with van der Waals surface area (Å²) < 4.78 is 11.8. The number of carbonyl (C=O) groups is 3. The molecule has 0 saturated carbocycles. The molecule has 2 spiro atoms. The first-order valence-electron chi connectivity index (χ1n) is 10.2. The Hall–Kier alpha value is -2.09. The number of likely N-dealkylation sites (N-methyl/N-ethyl adjacent to an activating group) is 1. The first-order valence-corrected chi connectivity index (χ1v) is 10.2. The van der Waals surface area contributed by atoms with Crippen molar-refractivity contribution < 1.29 is 23.9 Å². The van der Waals surface area contributed by atoms with E-state index in [1.807, 2.05) is 35.8 Å². The molecule has 2 bridgehead atoms. The van der Waals surface area contributed by atoms with E-state index in [1.54, 1.807) is 11.9 Å². The zero-order chi connectivity index (χ0) is 19.8. The minimum absolute atomic E-state index is 0.00675. The molecule has 0 aliphatic carbocycles. The monoisotopic (exact) mass is 389 g/mol. The fourth-order valence-electron chi connectivity index (χ4n) is 5.64. The number of likely N-dealkylation sites (tertiary alicyclic amines) is 2. The summed E-state index contributed by atoms with van der Waals surface area (Å²) in [6, 6.07) is 0.0863. The SMILES string of the molecule is CC(C)N1CC23C=CC(O2)C(C(=O)N2CCC4(CC2)CN(C)C(=O)O4)C3C1=O. The molecular formula is C20H27N3O5. The Balaban J connectivity index is 1.32. The highest BCUT2D eigenvalue weighted by molar-refractivity contribution is 5.93. The zero-order valence-electron chi connectivity index (χ0n) is 16.6. The lowest BCUT2D eigenvalue weighted by Gasteiger charge is -2.39. The van der Waals surface area contributed by atoms with Crippen molar-refractivity contribution in [3.8, 4) is 0 Å². The molecule has 28 heavy (non-hydrogen) atoms. The van der Waals surface area contributed by atoms with Crippen LogP contribution in [0.4, 0.5) is 4.79 Å². The predicted molar refractivity (Wildman–Crippen MR) is 98.2 cm³/mol. The van der Waals surface area contributed by atoms with Gasteiger partial charge in [-0.1, -0.05) is 12.2 Å². The van der Waals surface area contributed by atoms with Crippen LogP contribution in [0.1, 0.15) is 26.7 Å². The second-order valence-electron chi connectivity index (χ2n) is 9.19. The maximum atomic E-state index is 13.4. The zero-order valence-corrected chi connectivity index (χ0v) is 16.6. The van der Waals surface area contributed by atoms with Crippen LogP contribution in [0.3, 0.4) is 0 Å². The molecular weight excluding hydrogens is 362 g/mol. The van der Waals surface area contributed by atoms with Gasteiger partial charge in [-0.25, -0.2) is 4.79 Å². The lowest BCUT2D eigenvalue weighted by Crippen LogP contribution is -2.52. The number of nitrogens with zero attached hydrogens (tertiary/aromatic N) is 3. The highest BCUT2D eigenvalue weighted by Gasteiger charge is 2.67. The van der Waals surface area contributed by atoms with Crippen molar-refractivity contribution in [3.63, 3.8) is 0 Å². The van der Waals surface area contributed by atoms with E-state index < -0.39 is 23.0 Å². The number of ether oxygens (including phenoxy) is 2. The first kappa shape index (κ1) is 18.0. The number of hydrogen-bond donors (Lipinski definition) is 0. The van der Waals surface area contributed by atoms with Crippen LogP contribution >= 0.6 is 0 Å². The summed E-state index contributed by atoms with van der Waals surface area (Å²) in [6.45, 7) is 6.15. The smallest absolute Gasteiger partial charge is 0.410 e. The standard InChI is InChI=1S/C20H27N3O5/c1-12(2)23-11-20-5-4-13(27-20)14(15(20)17(23)25)16(24)22-8-6-19(7-9-22)10-21(3)18(26)28-19/h4-5,12-15H,6-11H2,1-3H3. The number of amides is 3. The Bertz CT molecular complexity index is 772. The third-order valence-electron chi connectivity index (χ3n) is 7.17. The summed E-state index contributed by atoms with van der Waals surface area (Å²) in [5.74, 6) is -0.861. The van der Waals surface area contributed by atoms with Crippen LogP contribution in [0, 0.1) is 11.8 Å². The molecule has 0 aromatic rings. The van der Waals surface area contributed by atoms with Crippen LogP contribution < -0.4 is 0 Å². The summed E-state index contributed by atoms with van der Waals surface area (Å²) in [4.78, 5) is 43.5. The van der Waals surface area contributed by atoms with Gasteiger partial charge in [0.2, 0.25) is 11.8 Å². The number of hydrogen-bond acceptors (Lipinski definition) is 5. The molecule has 0 radical (unpaired) electrons. The van der Waals surface area contributed by atoms with E-state index in [9.17, 15) is 14.4 Å². The number of rotatable bonds is 2. The van der Waals surface area contributed by atoms with Crippen LogP contribution in [0.2, 0.25) is 0 Å². The first-order chi connectivity index (χ1) is 13.3. The fourth-order valence-corrected chi connectivity index (χ4v) is 5.64. The van der Waals surface area contributed by atoms with Crippen LogP contribution in [-0.4, -0.2) is 89.2 Å². The maximum absolute atomic E-state index is 13.4. The summed E-state index contributed by atoms with van der Waals surface area (Å²) >= 11 is 0. The normalized spacial score (nSPS) is 38.1. The molecule has 0 aromatic carbocycles. The number of fused-ring (bicyclic) bond motifs is 1. The predicted octanol–water partition coefficient (Wildman–Crippen LogP) is 0.620. The van der Waals surface area contributed by atoms with E-state index >= 15 is 0 Å². The van der Waals surface area contributed by atoms with Gasteiger partial charge in [0.15, 0.2) is 0 Å². The molecule has 3 amide bonds. The van der Waals surface area contributed by atoms with Gasteiger partial charge in [-0.2, -0.15) is 0 Å². The molecule has 5 aliphatic heterocycles. The van der Waals surface area contributed by atoms with Gasteiger partial charge in [-0.15, -0.1) is 0 Å². The van der Waals surface area contributed by atoms with Gasteiger partial charge in [0.1, 0.15) is 11.2 Å². The van der Waals surface area contributed by atoms with Crippen molar-refractivity contribution in [1.29, 1.82) is 0 Å². The van der Waals surface area contributed by atoms with E-state index in [0.29, 0.717) is 39.0 Å². The van der Waals surface area contributed by atoms with Gasteiger partial charge in [0.05, 0.1) is 31.0 Å². The van der Waals surface area contributed by atoms with Crippen LogP contribution in [0.15, 0.2) is 12.2 Å². The maximum Gasteiger partial charge on any atom is 0.410 e. The number of carbonyl (C=O) groups excluding carboxylic acids is 3. The lowest BCUT2D eigenvalue weighted by molar-refractivity contribution is -0.146. The van der Waals surface area contributed by atoms with Crippen molar-refractivity contribution in [1.82, 2.24) is 14.7 Å². The van der Waals surface area contributed by atoms with Crippen molar-refractivity contribution in [2.75, 3.05) is 33.2 Å². The number of piperidine rings is 1. The molecule has 5 aliphatic rings. The molecule has 0 aromatic heterocycles. The largest absolute Gasteiger partial charge is 0.441 e. The third kappa shape index (κ3) is 2.30. The highest BCUT2D eigenvalue weighted by Crippen LogP contribution is 2.53.